The molecule has 1 aromatic carbocycles. The monoisotopic (exact) mass is 336 g/mol. The van der Waals surface area contributed by atoms with Gasteiger partial charge in [0.1, 0.15) is 11.1 Å². The van der Waals surface area contributed by atoms with Crippen LogP contribution in [0.2, 0.25) is 0 Å². The van der Waals surface area contributed by atoms with Gasteiger partial charge in [0.15, 0.2) is 0 Å². The first kappa shape index (κ1) is 16.9. The second-order valence-electron chi connectivity index (χ2n) is 6.38. The Balaban J connectivity index is 1.98. The SMILES string of the molecule is CCCCCC(=Nc1sc2c(c1C#N)CCCC2)c1ccccc1. The third-order valence-corrected chi connectivity index (χ3v) is 5.81. The number of rotatable bonds is 6. The van der Waals surface area contributed by atoms with Crippen molar-refractivity contribution in [3.63, 3.8) is 0 Å². The average molecular weight is 337 g/mol. The van der Waals surface area contributed by atoms with Gasteiger partial charge in [0.05, 0.1) is 5.56 Å². The maximum absolute atomic E-state index is 9.65. The zero-order chi connectivity index (χ0) is 16.8. The number of unbranched alkanes of at least 4 members (excludes halogenated alkanes) is 2. The van der Waals surface area contributed by atoms with Crippen molar-refractivity contribution in [1.82, 2.24) is 0 Å². The summed E-state index contributed by atoms with van der Waals surface area (Å²) in [6, 6.07) is 12.9. The lowest BCUT2D eigenvalue weighted by atomic mass is 9.96. The van der Waals surface area contributed by atoms with Crippen molar-refractivity contribution in [2.24, 2.45) is 4.99 Å². The van der Waals surface area contributed by atoms with Crippen LogP contribution in [0.25, 0.3) is 0 Å². The third kappa shape index (κ3) is 3.76. The quantitative estimate of drug-likeness (QED) is 0.457. The van der Waals surface area contributed by atoms with Crippen LogP contribution in [0.1, 0.15) is 67.0 Å². The molecule has 1 aliphatic carbocycles. The number of thiophene rings is 1. The summed E-state index contributed by atoms with van der Waals surface area (Å²) in [5.41, 5.74) is 4.41. The van der Waals surface area contributed by atoms with Crippen LogP contribution in [0.3, 0.4) is 0 Å². The van der Waals surface area contributed by atoms with Crippen molar-refractivity contribution < 1.29 is 0 Å². The summed E-state index contributed by atoms with van der Waals surface area (Å²) >= 11 is 1.74. The standard InChI is InChI=1S/C21H24N2S/c1-2-3-5-13-19(16-10-6-4-7-11-16)23-21-18(15-22)17-12-8-9-14-20(17)24-21/h4,6-7,10-11H,2-3,5,8-9,12-14H2,1H3. The summed E-state index contributed by atoms with van der Waals surface area (Å²) in [6.07, 6.45) is 9.15. The molecule has 1 heterocycles. The number of hydrogen-bond donors (Lipinski definition) is 0. The second-order valence-corrected chi connectivity index (χ2v) is 7.47. The molecule has 24 heavy (non-hydrogen) atoms. The van der Waals surface area contributed by atoms with E-state index < -0.39 is 0 Å². The van der Waals surface area contributed by atoms with Gasteiger partial charge in [-0.2, -0.15) is 5.26 Å². The van der Waals surface area contributed by atoms with Gasteiger partial charge in [0, 0.05) is 10.6 Å². The lowest BCUT2D eigenvalue weighted by Crippen LogP contribution is -2.01. The molecule has 0 saturated heterocycles. The van der Waals surface area contributed by atoms with Gasteiger partial charge in [0.2, 0.25) is 0 Å². The van der Waals surface area contributed by atoms with Gasteiger partial charge in [-0.05, 0) is 49.7 Å². The molecule has 3 heteroatoms. The zero-order valence-electron chi connectivity index (χ0n) is 14.3. The average Bonchev–Trinajstić information content (AvgIpc) is 2.99. The molecule has 0 saturated carbocycles. The Morgan fingerprint density at radius 3 is 2.71 bits per heavy atom. The lowest BCUT2D eigenvalue weighted by Gasteiger charge is -2.09. The van der Waals surface area contributed by atoms with Crippen LogP contribution in [0.5, 0.6) is 0 Å². The Morgan fingerprint density at radius 2 is 1.96 bits per heavy atom. The second kappa shape index (κ2) is 8.26. The Morgan fingerprint density at radius 1 is 1.17 bits per heavy atom. The van der Waals surface area contributed by atoms with Crippen LogP contribution < -0.4 is 0 Å². The molecule has 0 radical (unpaired) electrons. The van der Waals surface area contributed by atoms with E-state index in [2.05, 4.69) is 37.3 Å². The predicted molar refractivity (Wildman–Crippen MR) is 102 cm³/mol. The van der Waals surface area contributed by atoms with E-state index in [4.69, 9.17) is 4.99 Å². The molecule has 2 aromatic rings. The molecular weight excluding hydrogens is 312 g/mol. The molecule has 0 amide bonds. The summed E-state index contributed by atoms with van der Waals surface area (Å²) in [5.74, 6) is 0. The highest BCUT2D eigenvalue weighted by molar-refractivity contribution is 7.16. The van der Waals surface area contributed by atoms with Gasteiger partial charge in [-0.15, -0.1) is 11.3 Å². The fourth-order valence-corrected chi connectivity index (χ4v) is 4.54. The highest BCUT2D eigenvalue weighted by atomic mass is 32.1. The predicted octanol–water partition coefficient (Wildman–Crippen LogP) is 6.20. The first-order chi connectivity index (χ1) is 11.8. The molecule has 0 spiro atoms. The number of fused-ring (bicyclic) bond motifs is 1. The minimum absolute atomic E-state index is 0.832. The summed E-state index contributed by atoms with van der Waals surface area (Å²) in [4.78, 5) is 6.38. The summed E-state index contributed by atoms with van der Waals surface area (Å²) in [6.45, 7) is 2.22. The van der Waals surface area contributed by atoms with Crippen LogP contribution in [0.15, 0.2) is 35.3 Å². The van der Waals surface area contributed by atoms with E-state index in [0.717, 1.165) is 42.0 Å². The van der Waals surface area contributed by atoms with E-state index in [0.29, 0.717) is 0 Å². The van der Waals surface area contributed by atoms with E-state index >= 15 is 0 Å². The molecule has 1 aromatic heterocycles. The molecule has 2 nitrogen and oxygen atoms in total. The highest BCUT2D eigenvalue weighted by Gasteiger charge is 2.21. The molecule has 0 N–H and O–H groups in total. The number of aliphatic imine (C=N–C) groups is 1. The van der Waals surface area contributed by atoms with Crippen molar-refractivity contribution >= 4 is 22.0 Å². The van der Waals surface area contributed by atoms with Crippen molar-refractivity contribution in [1.29, 1.82) is 5.26 Å². The van der Waals surface area contributed by atoms with Crippen molar-refractivity contribution in [2.75, 3.05) is 0 Å². The van der Waals surface area contributed by atoms with E-state index in [1.165, 1.54) is 41.7 Å². The van der Waals surface area contributed by atoms with Crippen LogP contribution >= 0.6 is 11.3 Å². The van der Waals surface area contributed by atoms with Crippen LogP contribution in [-0.2, 0) is 12.8 Å². The minimum Gasteiger partial charge on any atom is -0.241 e. The van der Waals surface area contributed by atoms with Gasteiger partial charge in [-0.25, -0.2) is 4.99 Å². The zero-order valence-corrected chi connectivity index (χ0v) is 15.2. The van der Waals surface area contributed by atoms with Crippen LogP contribution in [0, 0.1) is 11.3 Å². The van der Waals surface area contributed by atoms with Gasteiger partial charge in [-0.3, -0.25) is 0 Å². The normalized spacial score (nSPS) is 14.2. The number of hydrogen-bond acceptors (Lipinski definition) is 3. The fourth-order valence-electron chi connectivity index (χ4n) is 3.31. The van der Waals surface area contributed by atoms with Crippen molar-refractivity contribution in [3.05, 3.63) is 51.9 Å². The smallest absolute Gasteiger partial charge is 0.134 e. The van der Waals surface area contributed by atoms with Gasteiger partial charge >= 0.3 is 0 Å². The van der Waals surface area contributed by atoms with Crippen LogP contribution in [0.4, 0.5) is 5.00 Å². The fraction of sp³-hybridized carbons (Fsp3) is 0.429. The summed E-state index contributed by atoms with van der Waals surface area (Å²) in [7, 11) is 0. The number of nitriles is 1. The first-order valence-electron chi connectivity index (χ1n) is 9.01. The summed E-state index contributed by atoms with van der Waals surface area (Å²) in [5, 5.41) is 10.6. The maximum Gasteiger partial charge on any atom is 0.134 e. The van der Waals surface area contributed by atoms with E-state index in [9.17, 15) is 5.26 Å². The minimum atomic E-state index is 0.832. The molecule has 0 fully saturated rings. The summed E-state index contributed by atoms with van der Waals surface area (Å²) < 4.78 is 0. The Labute approximate surface area is 148 Å². The van der Waals surface area contributed by atoms with Crippen LogP contribution in [-0.4, -0.2) is 5.71 Å². The Kier molecular flexibility index (Phi) is 5.82. The molecule has 0 unspecified atom stereocenters. The molecule has 0 aliphatic heterocycles. The third-order valence-electron chi connectivity index (χ3n) is 4.63. The largest absolute Gasteiger partial charge is 0.241 e. The Bertz CT molecular complexity index is 750. The van der Waals surface area contributed by atoms with E-state index in [1.54, 1.807) is 11.3 Å². The molecular formula is C21H24N2S. The highest BCUT2D eigenvalue weighted by Crippen LogP contribution is 2.39. The molecule has 0 bridgehead atoms. The van der Waals surface area contributed by atoms with Crippen molar-refractivity contribution in [2.45, 2.75) is 58.3 Å². The van der Waals surface area contributed by atoms with Crippen molar-refractivity contribution in [3.8, 4) is 6.07 Å². The number of benzene rings is 1. The van der Waals surface area contributed by atoms with Gasteiger partial charge < -0.3 is 0 Å². The topological polar surface area (TPSA) is 36.1 Å². The van der Waals surface area contributed by atoms with E-state index in [-0.39, 0.29) is 0 Å². The van der Waals surface area contributed by atoms with E-state index in [1.807, 2.05) is 6.07 Å². The lowest BCUT2D eigenvalue weighted by molar-refractivity contribution is 0.696. The molecule has 124 valence electrons. The molecule has 1 aliphatic rings. The molecule has 3 rings (SSSR count). The van der Waals surface area contributed by atoms with Gasteiger partial charge in [-0.1, -0.05) is 50.1 Å². The Hall–Kier alpha value is -1.92. The maximum atomic E-state index is 9.65. The number of aryl methyl sites for hydroxylation is 1. The molecule has 0 atom stereocenters. The van der Waals surface area contributed by atoms with Gasteiger partial charge in [0.25, 0.3) is 0 Å². The number of nitrogens with zero attached hydrogens (tertiary/aromatic N) is 2. The first-order valence-corrected chi connectivity index (χ1v) is 9.82.